The number of para-hydroxylation sites is 1. The van der Waals surface area contributed by atoms with E-state index in [0.29, 0.717) is 6.04 Å². The molecule has 1 aromatic rings. The first-order valence-electron chi connectivity index (χ1n) is 7.44. The van der Waals surface area contributed by atoms with Gasteiger partial charge in [-0.25, -0.2) is 0 Å². The van der Waals surface area contributed by atoms with E-state index in [2.05, 4.69) is 24.4 Å². The van der Waals surface area contributed by atoms with Crippen LogP contribution in [0.3, 0.4) is 0 Å². The minimum atomic E-state index is 0.579. The topological polar surface area (TPSA) is 30.5 Å². The number of hydrogen-bond donors (Lipinski definition) is 1. The molecule has 3 rings (SSSR count). The monoisotopic (exact) mass is 261 g/mol. The molecule has 3 nitrogen and oxygen atoms in total. The predicted octanol–water partition coefficient (Wildman–Crippen LogP) is 3.13. The first-order valence-corrected chi connectivity index (χ1v) is 7.44. The van der Waals surface area contributed by atoms with Crippen molar-refractivity contribution in [2.24, 2.45) is 5.92 Å². The molecule has 1 heterocycles. The van der Waals surface area contributed by atoms with E-state index in [4.69, 9.17) is 9.47 Å². The summed E-state index contributed by atoms with van der Waals surface area (Å²) in [5.74, 6) is 2.80. The molecule has 1 aromatic carbocycles. The van der Waals surface area contributed by atoms with E-state index in [1.54, 1.807) is 0 Å². The Morgan fingerprint density at radius 2 is 2.11 bits per heavy atom. The fraction of sp³-hybridized carbons (Fsp3) is 0.625. The van der Waals surface area contributed by atoms with Gasteiger partial charge in [0.05, 0.1) is 13.2 Å². The Labute approximate surface area is 115 Å². The molecule has 104 valence electrons. The summed E-state index contributed by atoms with van der Waals surface area (Å²) >= 11 is 0. The van der Waals surface area contributed by atoms with Crippen LogP contribution in [-0.2, 0) is 6.54 Å². The molecule has 1 aliphatic carbocycles. The summed E-state index contributed by atoms with van der Waals surface area (Å²) in [7, 11) is 0. The molecular formula is C16H23NO2. The molecule has 2 aliphatic rings. The standard InChI is InChI=1S/C16H23NO2/c1-12(10-13-6-7-13)17-11-14-4-2-5-15-16(14)19-9-3-8-18-15/h2,4-5,12-13,17H,3,6-11H2,1H3. The van der Waals surface area contributed by atoms with E-state index >= 15 is 0 Å². The van der Waals surface area contributed by atoms with Crippen molar-refractivity contribution in [3.63, 3.8) is 0 Å². The number of nitrogens with one attached hydrogen (secondary N) is 1. The zero-order valence-corrected chi connectivity index (χ0v) is 11.7. The number of hydrogen-bond acceptors (Lipinski definition) is 3. The minimum Gasteiger partial charge on any atom is -0.490 e. The van der Waals surface area contributed by atoms with Crippen molar-refractivity contribution < 1.29 is 9.47 Å². The third kappa shape index (κ3) is 3.41. The van der Waals surface area contributed by atoms with Crippen LogP contribution in [0.2, 0.25) is 0 Å². The Morgan fingerprint density at radius 1 is 1.26 bits per heavy atom. The van der Waals surface area contributed by atoms with Crippen LogP contribution in [0.5, 0.6) is 11.5 Å². The van der Waals surface area contributed by atoms with Gasteiger partial charge in [0.15, 0.2) is 11.5 Å². The van der Waals surface area contributed by atoms with Gasteiger partial charge in [-0.05, 0) is 25.3 Å². The average molecular weight is 261 g/mol. The average Bonchev–Trinajstić information content (AvgIpc) is 3.22. The summed E-state index contributed by atoms with van der Waals surface area (Å²) in [6.45, 7) is 4.64. The van der Waals surface area contributed by atoms with E-state index in [1.807, 2.05) is 6.07 Å². The highest BCUT2D eigenvalue weighted by Gasteiger charge is 2.23. The first kappa shape index (κ1) is 12.8. The van der Waals surface area contributed by atoms with Gasteiger partial charge in [0, 0.05) is 24.6 Å². The lowest BCUT2D eigenvalue weighted by molar-refractivity contribution is 0.295. The molecule has 0 saturated heterocycles. The summed E-state index contributed by atoms with van der Waals surface area (Å²) in [5, 5.41) is 3.61. The molecule has 1 N–H and O–H groups in total. The van der Waals surface area contributed by atoms with Crippen molar-refractivity contribution in [1.82, 2.24) is 5.32 Å². The van der Waals surface area contributed by atoms with Gasteiger partial charge in [-0.1, -0.05) is 25.0 Å². The van der Waals surface area contributed by atoms with Crippen molar-refractivity contribution in [3.8, 4) is 11.5 Å². The maximum absolute atomic E-state index is 5.84. The zero-order chi connectivity index (χ0) is 13.1. The van der Waals surface area contributed by atoms with Crippen LogP contribution in [0.15, 0.2) is 18.2 Å². The number of benzene rings is 1. The molecule has 0 radical (unpaired) electrons. The Kier molecular flexibility index (Phi) is 3.92. The van der Waals surface area contributed by atoms with Crippen molar-refractivity contribution in [1.29, 1.82) is 0 Å². The molecule has 3 heteroatoms. The van der Waals surface area contributed by atoms with Crippen molar-refractivity contribution in [2.45, 2.75) is 45.2 Å². The van der Waals surface area contributed by atoms with E-state index in [9.17, 15) is 0 Å². The first-order chi connectivity index (χ1) is 9.33. The zero-order valence-electron chi connectivity index (χ0n) is 11.7. The van der Waals surface area contributed by atoms with Crippen LogP contribution >= 0.6 is 0 Å². The molecule has 1 fully saturated rings. The van der Waals surface area contributed by atoms with Gasteiger partial charge in [0.2, 0.25) is 0 Å². The van der Waals surface area contributed by atoms with E-state index in [-0.39, 0.29) is 0 Å². The maximum atomic E-state index is 5.84. The molecule has 1 atom stereocenters. The second kappa shape index (κ2) is 5.83. The van der Waals surface area contributed by atoms with E-state index in [1.165, 1.54) is 24.8 Å². The smallest absolute Gasteiger partial charge is 0.165 e. The molecule has 1 unspecified atom stereocenters. The normalized spacial score (nSPS) is 19.8. The van der Waals surface area contributed by atoms with Crippen molar-refractivity contribution in [3.05, 3.63) is 23.8 Å². The van der Waals surface area contributed by atoms with Crippen LogP contribution in [0.4, 0.5) is 0 Å². The van der Waals surface area contributed by atoms with Crippen LogP contribution < -0.4 is 14.8 Å². The van der Waals surface area contributed by atoms with E-state index in [0.717, 1.165) is 43.6 Å². The molecule has 1 saturated carbocycles. The summed E-state index contributed by atoms with van der Waals surface area (Å²) in [6, 6.07) is 6.76. The van der Waals surface area contributed by atoms with Gasteiger partial charge in [-0.3, -0.25) is 0 Å². The van der Waals surface area contributed by atoms with Crippen LogP contribution in [0.25, 0.3) is 0 Å². The molecule has 0 bridgehead atoms. The lowest BCUT2D eigenvalue weighted by Gasteiger charge is -2.16. The molecule has 0 spiro atoms. The summed E-state index contributed by atoms with van der Waals surface area (Å²) in [4.78, 5) is 0. The molecule has 0 amide bonds. The fourth-order valence-corrected chi connectivity index (χ4v) is 2.61. The lowest BCUT2D eigenvalue weighted by Crippen LogP contribution is -2.26. The molecular weight excluding hydrogens is 238 g/mol. The highest BCUT2D eigenvalue weighted by molar-refractivity contribution is 5.47. The quantitative estimate of drug-likeness (QED) is 0.883. The second-order valence-corrected chi connectivity index (χ2v) is 5.76. The Hall–Kier alpha value is -1.22. The van der Waals surface area contributed by atoms with Gasteiger partial charge < -0.3 is 14.8 Å². The van der Waals surface area contributed by atoms with Gasteiger partial charge in [0.1, 0.15) is 0 Å². The third-order valence-corrected chi connectivity index (χ3v) is 3.88. The molecule has 19 heavy (non-hydrogen) atoms. The third-order valence-electron chi connectivity index (χ3n) is 3.88. The van der Waals surface area contributed by atoms with Gasteiger partial charge >= 0.3 is 0 Å². The predicted molar refractivity (Wildman–Crippen MR) is 75.7 cm³/mol. The SMILES string of the molecule is CC(CC1CC1)NCc1cccc2c1OCCCO2. The minimum absolute atomic E-state index is 0.579. The van der Waals surface area contributed by atoms with Crippen LogP contribution in [0.1, 0.15) is 38.2 Å². The number of fused-ring (bicyclic) bond motifs is 1. The Morgan fingerprint density at radius 3 is 2.95 bits per heavy atom. The van der Waals surface area contributed by atoms with Crippen LogP contribution in [-0.4, -0.2) is 19.3 Å². The Balaban J connectivity index is 1.63. The largest absolute Gasteiger partial charge is 0.490 e. The van der Waals surface area contributed by atoms with Gasteiger partial charge in [-0.2, -0.15) is 0 Å². The Bertz CT molecular complexity index is 429. The van der Waals surface area contributed by atoms with Gasteiger partial charge in [0.25, 0.3) is 0 Å². The summed E-state index contributed by atoms with van der Waals surface area (Å²) in [6.07, 6.45) is 5.10. The molecule has 1 aliphatic heterocycles. The highest BCUT2D eigenvalue weighted by atomic mass is 16.5. The fourth-order valence-electron chi connectivity index (χ4n) is 2.61. The molecule has 0 aromatic heterocycles. The number of ether oxygens (including phenoxy) is 2. The van der Waals surface area contributed by atoms with Gasteiger partial charge in [-0.15, -0.1) is 0 Å². The lowest BCUT2D eigenvalue weighted by atomic mass is 10.1. The van der Waals surface area contributed by atoms with Crippen molar-refractivity contribution in [2.75, 3.05) is 13.2 Å². The summed E-state index contributed by atoms with van der Waals surface area (Å²) in [5.41, 5.74) is 1.21. The number of rotatable bonds is 5. The second-order valence-electron chi connectivity index (χ2n) is 5.76. The van der Waals surface area contributed by atoms with Crippen molar-refractivity contribution >= 4 is 0 Å². The van der Waals surface area contributed by atoms with Crippen LogP contribution in [0, 0.1) is 5.92 Å². The van der Waals surface area contributed by atoms with E-state index < -0.39 is 0 Å². The maximum Gasteiger partial charge on any atom is 0.165 e. The summed E-state index contributed by atoms with van der Waals surface area (Å²) < 4.78 is 11.6. The highest BCUT2D eigenvalue weighted by Crippen LogP contribution is 2.35.